The van der Waals surface area contributed by atoms with Crippen LogP contribution in [0.4, 0.5) is 0 Å². The highest BCUT2D eigenvalue weighted by Gasteiger charge is 2.12. The van der Waals surface area contributed by atoms with E-state index in [1.165, 1.54) is 6.07 Å². The first kappa shape index (κ1) is 12.3. The van der Waals surface area contributed by atoms with E-state index in [1.807, 2.05) is 28.7 Å². The molecule has 0 atom stereocenters. The first-order valence-corrected chi connectivity index (χ1v) is 5.62. The summed E-state index contributed by atoms with van der Waals surface area (Å²) in [6.45, 7) is 2.03. The highest BCUT2D eigenvalue weighted by molar-refractivity contribution is 14.1. The van der Waals surface area contributed by atoms with Gasteiger partial charge < -0.3 is 4.74 Å². The maximum absolute atomic E-state index is 11.4. The molecule has 0 N–H and O–H groups in total. The lowest BCUT2D eigenvalue weighted by atomic mass is 10.1. The minimum absolute atomic E-state index is 0.284. The van der Waals surface area contributed by atoms with Crippen molar-refractivity contribution in [2.45, 2.75) is 6.92 Å². The summed E-state index contributed by atoms with van der Waals surface area (Å²) in [5, 5.41) is 9.16. The lowest BCUT2D eigenvalue weighted by molar-refractivity contribution is 0.0526. The van der Waals surface area contributed by atoms with Crippen LogP contribution in [0.1, 0.15) is 22.8 Å². The SMILES string of the molecule is CCOC(=O)c1cc(I)c(Cl)c(C#N)c1. The van der Waals surface area contributed by atoms with Gasteiger partial charge in [0.05, 0.1) is 22.8 Å². The summed E-state index contributed by atoms with van der Waals surface area (Å²) in [7, 11) is 0. The smallest absolute Gasteiger partial charge is 0.338 e. The van der Waals surface area contributed by atoms with Crippen LogP contribution in [0.5, 0.6) is 0 Å². The molecule has 3 nitrogen and oxygen atoms in total. The van der Waals surface area contributed by atoms with Gasteiger partial charge in [-0.1, -0.05) is 11.6 Å². The van der Waals surface area contributed by atoms with Crippen LogP contribution in [0.2, 0.25) is 5.02 Å². The summed E-state index contributed by atoms with van der Waals surface area (Å²) in [6.07, 6.45) is 0. The van der Waals surface area contributed by atoms with Crippen molar-refractivity contribution >= 4 is 40.2 Å². The van der Waals surface area contributed by atoms with Crippen molar-refractivity contribution < 1.29 is 9.53 Å². The number of hydrogen-bond acceptors (Lipinski definition) is 3. The number of carbonyl (C=O) groups is 1. The molecule has 0 unspecified atom stereocenters. The number of carbonyl (C=O) groups excluding carboxylic acids is 1. The minimum atomic E-state index is -0.441. The molecular formula is C10H7ClINO2. The van der Waals surface area contributed by atoms with Crippen LogP contribution in [0.3, 0.4) is 0 Å². The molecule has 0 spiro atoms. The van der Waals surface area contributed by atoms with Crippen LogP contribution in [0, 0.1) is 14.9 Å². The lowest BCUT2D eigenvalue weighted by Crippen LogP contribution is -2.05. The zero-order valence-corrected chi connectivity index (χ0v) is 10.8. The summed E-state index contributed by atoms with van der Waals surface area (Å²) >= 11 is 7.83. The summed E-state index contributed by atoms with van der Waals surface area (Å²) in [4.78, 5) is 11.4. The second-order valence-electron chi connectivity index (χ2n) is 2.65. The summed E-state index contributed by atoms with van der Waals surface area (Å²) in [6, 6.07) is 4.96. The number of hydrogen-bond donors (Lipinski definition) is 0. The lowest BCUT2D eigenvalue weighted by Gasteiger charge is -2.04. The van der Waals surface area contributed by atoms with Gasteiger partial charge in [0.2, 0.25) is 0 Å². The van der Waals surface area contributed by atoms with Crippen molar-refractivity contribution in [3.63, 3.8) is 0 Å². The molecule has 0 aliphatic carbocycles. The van der Waals surface area contributed by atoms with Crippen molar-refractivity contribution in [3.8, 4) is 6.07 Å². The van der Waals surface area contributed by atoms with Gasteiger partial charge in [-0.2, -0.15) is 5.26 Å². The van der Waals surface area contributed by atoms with E-state index in [0.29, 0.717) is 20.8 Å². The third kappa shape index (κ3) is 2.83. The molecule has 1 rings (SSSR count). The Morgan fingerprint density at radius 2 is 2.33 bits per heavy atom. The fourth-order valence-electron chi connectivity index (χ4n) is 1.00. The molecule has 0 fully saturated rings. The van der Waals surface area contributed by atoms with Crippen molar-refractivity contribution in [1.29, 1.82) is 5.26 Å². The third-order valence-electron chi connectivity index (χ3n) is 1.66. The molecule has 5 heteroatoms. The summed E-state index contributed by atoms with van der Waals surface area (Å²) in [5.41, 5.74) is 0.633. The standard InChI is InChI=1S/C10H7ClINO2/c1-2-15-10(14)6-3-7(5-13)9(11)8(12)4-6/h3-4H,2H2,1H3. The molecule has 1 aromatic carbocycles. The van der Waals surface area contributed by atoms with E-state index in [-0.39, 0.29) is 5.56 Å². The van der Waals surface area contributed by atoms with Gasteiger partial charge in [0.15, 0.2) is 0 Å². The quantitative estimate of drug-likeness (QED) is 0.617. The highest BCUT2D eigenvalue weighted by atomic mass is 127. The number of esters is 1. The molecule has 0 bridgehead atoms. The Labute approximate surface area is 106 Å². The average Bonchev–Trinajstić information content (AvgIpc) is 2.22. The topological polar surface area (TPSA) is 50.1 Å². The van der Waals surface area contributed by atoms with Crippen molar-refractivity contribution in [3.05, 3.63) is 31.9 Å². The van der Waals surface area contributed by atoms with Gasteiger partial charge >= 0.3 is 5.97 Å². The van der Waals surface area contributed by atoms with Crippen LogP contribution >= 0.6 is 34.2 Å². The fourth-order valence-corrected chi connectivity index (χ4v) is 1.78. The molecule has 0 heterocycles. The Hall–Kier alpha value is -0.800. The first-order chi connectivity index (χ1) is 7.10. The number of nitrogens with zero attached hydrogens (tertiary/aromatic N) is 1. The fraction of sp³-hybridized carbons (Fsp3) is 0.200. The van der Waals surface area contributed by atoms with Crippen molar-refractivity contribution in [1.82, 2.24) is 0 Å². The monoisotopic (exact) mass is 335 g/mol. The maximum atomic E-state index is 11.4. The van der Waals surface area contributed by atoms with Gasteiger partial charge in [0, 0.05) is 3.57 Å². The molecule has 1 aromatic rings. The zero-order valence-electron chi connectivity index (χ0n) is 7.88. The molecule has 0 radical (unpaired) electrons. The van der Waals surface area contributed by atoms with Crippen LogP contribution in [0.15, 0.2) is 12.1 Å². The molecule has 78 valence electrons. The van der Waals surface area contributed by atoms with Crippen LogP contribution < -0.4 is 0 Å². The predicted molar refractivity (Wildman–Crippen MR) is 64.8 cm³/mol. The van der Waals surface area contributed by atoms with E-state index in [1.54, 1.807) is 13.0 Å². The van der Waals surface area contributed by atoms with Crippen molar-refractivity contribution in [2.75, 3.05) is 6.61 Å². The molecule has 0 aromatic heterocycles. The van der Waals surface area contributed by atoms with E-state index < -0.39 is 5.97 Å². The Bertz CT molecular complexity index is 440. The van der Waals surface area contributed by atoms with Gasteiger partial charge in [0.1, 0.15) is 6.07 Å². The van der Waals surface area contributed by atoms with Crippen LogP contribution in [-0.4, -0.2) is 12.6 Å². The number of rotatable bonds is 2. The molecule has 0 saturated heterocycles. The van der Waals surface area contributed by atoms with E-state index in [0.717, 1.165) is 0 Å². The second-order valence-corrected chi connectivity index (χ2v) is 4.19. The highest BCUT2D eigenvalue weighted by Crippen LogP contribution is 2.24. The van der Waals surface area contributed by atoms with Crippen LogP contribution in [0.25, 0.3) is 0 Å². The second kappa shape index (κ2) is 5.33. The van der Waals surface area contributed by atoms with Gasteiger partial charge in [-0.15, -0.1) is 0 Å². The Morgan fingerprint density at radius 3 is 2.87 bits per heavy atom. The predicted octanol–water partition coefficient (Wildman–Crippen LogP) is 2.99. The normalized spacial score (nSPS) is 9.47. The largest absolute Gasteiger partial charge is 0.462 e. The van der Waals surface area contributed by atoms with Gasteiger partial charge in [-0.3, -0.25) is 0 Å². The third-order valence-corrected chi connectivity index (χ3v) is 3.24. The molecular weight excluding hydrogens is 328 g/mol. The summed E-state index contributed by atoms with van der Waals surface area (Å²) in [5.74, 6) is -0.441. The number of ether oxygens (including phenoxy) is 1. The maximum Gasteiger partial charge on any atom is 0.338 e. The molecule has 0 amide bonds. The number of nitriles is 1. The Balaban J connectivity index is 3.18. The molecule has 15 heavy (non-hydrogen) atoms. The molecule has 0 saturated carbocycles. The average molecular weight is 336 g/mol. The number of halogens is 2. The van der Waals surface area contributed by atoms with Crippen LogP contribution in [-0.2, 0) is 4.74 Å². The minimum Gasteiger partial charge on any atom is -0.462 e. The van der Waals surface area contributed by atoms with E-state index in [9.17, 15) is 4.79 Å². The molecule has 0 aliphatic rings. The first-order valence-electron chi connectivity index (χ1n) is 4.16. The molecule has 0 aliphatic heterocycles. The van der Waals surface area contributed by atoms with Gasteiger partial charge in [-0.25, -0.2) is 4.79 Å². The van der Waals surface area contributed by atoms with Gasteiger partial charge in [0.25, 0.3) is 0 Å². The Kier molecular flexibility index (Phi) is 4.36. The zero-order chi connectivity index (χ0) is 11.4. The van der Waals surface area contributed by atoms with E-state index in [4.69, 9.17) is 21.6 Å². The van der Waals surface area contributed by atoms with Crippen molar-refractivity contribution in [2.24, 2.45) is 0 Å². The van der Waals surface area contributed by atoms with E-state index >= 15 is 0 Å². The Morgan fingerprint density at radius 1 is 1.67 bits per heavy atom. The summed E-state index contributed by atoms with van der Waals surface area (Å²) < 4.78 is 5.49. The van der Waals surface area contributed by atoms with Gasteiger partial charge in [-0.05, 0) is 41.6 Å². The van der Waals surface area contributed by atoms with E-state index in [2.05, 4.69) is 0 Å². The number of benzene rings is 1.